The molecule has 0 saturated heterocycles. The Balaban J connectivity index is 1.56. The molecular weight excluding hydrogens is 406 g/mol. The first-order valence-electron chi connectivity index (χ1n) is 10.9. The van der Waals surface area contributed by atoms with E-state index in [-0.39, 0.29) is 18.1 Å². The van der Waals surface area contributed by atoms with Gasteiger partial charge in [-0.3, -0.25) is 4.79 Å². The van der Waals surface area contributed by atoms with Gasteiger partial charge in [-0.05, 0) is 43.0 Å². The molecule has 1 aromatic carbocycles. The normalized spacial score (nSPS) is 20.8. The summed E-state index contributed by atoms with van der Waals surface area (Å²) in [6.07, 6.45) is 6.48. The smallest absolute Gasteiger partial charge is 0.257 e. The minimum absolute atomic E-state index is 0.0133. The van der Waals surface area contributed by atoms with Crippen molar-refractivity contribution in [2.75, 3.05) is 17.7 Å². The second-order valence-electron chi connectivity index (χ2n) is 8.56. The van der Waals surface area contributed by atoms with E-state index >= 15 is 0 Å². The summed E-state index contributed by atoms with van der Waals surface area (Å²) in [7, 11) is 3.87. The molecule has 0 spiro atoms. The maximum Gasteiger partial charge on any atom is 0.257 e. The number of hydrogen-bond donors (Lipinski definition) is 3. The molecule has 1 aliphatic heterocycles. The van der Waals surface area contributed by atoms with Gasteiger partial charge < -0.3 is 25.3 Å². The van der Waals surface area contributed by atoms with Crippen LogP contribution in [0.5, 0.6) is 0 Å². The van der Waals surface area contributed by atoms with Gasteiger partial charge in [-0.1, -0.05) is 0 Å². The number of nitrogens with one attached hydrogen (secondary N) is 3. The zero-order chi connectivity index (χ0) is 21.8. The number of aryl methyl sites for hydroxylation is 1. The molecule has 9 nitrogen and oxygen atoms in total. The van der Waals surface area contributed by atoms with Gasteiger partial charge in [-0.2, -0.15) is 9.61 Å². The summed E-state index contributed by atoms with van der Waals surface area (Å²) in [5.41, 5.74) is 4.11. The van der Waals surface area contributed by atoms with Crippen LogP contribution in [-0.4, -0.2) is 44.3 Å². The molecule has 0 radical (unpaired) electrons. The van der Waals surface area contributed by atoms with Crippen LogP contribution >= 0.6 is 0 Å². The molecule has 0 unspecified atom stereocenters. The largest absolute Gasteiger partial charge is 0.373 e. The summed E-state index contributed by atoms with van der Waals surface area (Å²) in [6, 6.07) is 8.24. The van der Waals surface area contributed by atoms with Gasteiger partial charge in [-0.15, -0.1) is 0 Å². The Bertz CT molecular complexity index is 1360. The fourth-order valence-electron chi connectivity index (χ4n) is 4.86. The van der Waals surface area contributed by atoms with E-state index in [1.165, 1.54) is 0 Å². The Morgan fingerprint density at radius 2 is 2.16 bits per heavy atom. The highest BCUT2D eigenvalue weighted by Crippen LogP contribution is 2.32. The van der Waals surface area contributed by atoms with Gasteiger partial charge in [0.25, 0.3) is 5.91 Å². The molecule has 1 aliphatic carbocycles. The second kappa shape index (κ2) is 7.23. The highest BCUT2D eigenvalue weighted by Gasteiger charge is 2.31. The molecule has 1 amide bonds. The van der Waals surface area contributed by atoms with Crippen molar-refractivity contribution in [2.24, 2.45) is 7.05 Å². The molecule has 4 aromatic rings. The number of anilines is 3. The Hall–Kier alpha value is -3.59. The van der Waals surface area contributed by atoms with E-state index in [2.05, 4.69) is 50.0 Å². The quantitative estimate of drug-likeness (QED) is 0.428. The van der Waals surface area contributed by atoms with E-state index in [1.54, 1.807) is 10.7 Å². The lowest BCUT2D eigenvalue weighted by Crippen LogP contribution is -2.41. The first-order valence-corrected chi connectivity index (χ1v) is 10.9. The van der Waals surface area contributed by atoms with Crippen LogP contribution in [0.15, 0.2) is 36.7 Å². The van der Waals surface area contributed by atoms with Crippen molar-refractivity contribution < 1.29 is 9.53 Å². The lowest BCUT2D eigenvalue weighted by Gasteiger charge is -2.22. The minimum atomic E-state index is -0.173. The van der Waals surface area contributed by atoms with E-state index in [0.717, 1.165) is 47.2 Å². The summed E-state index contributed by atoms with van der Waals surface area (Å²) in [4.78, 5) is 17.9. The first-order chi connectivity index (χ1) is 15.6. The molecule has 1 fully saturated rings. The maximum atomic E-state index is 13.1. The second-order valence-corrected chi connectivity index (χ2v) is 8.56. The number of carbonyl (C=O) groups excluding carboxylic acids is 1. The number of benzene rings is 1. The molecule has 3 aromatic heterocycles. The van der Waals surface area contributed by atoms with Crippen LogP contribution < -0.4 is 16.0 Å². The number of aromatic nitrogens is 4. The number of amides is 1. The van der Waals surface area contributed by atoms with Crippen LogP contribution in [0.3, 0.4) is 0 Å². The fraction of sp³-hybridized carbons (Fsp3) is 0.348. The Morgan fingerprint density at radius 1 is 1.25 bits per heavy atom. The molecule has 4 bridgehead atoms. The van der Waals surface area contributed by atoms with Crippen molar-refractivity contribution in [3.05, 3.63) is 47.8 Å². The van der Waals surface area contributed by atoms with Crippen molar-refractivity contribution in [1.82, 2.24) is 24.5 Å². The average Bonchev–Trinajstić information content (AvgIpc) is 3.50. The van der Waals surface area contributed by atoms with E-state index in [1.807, 2.05) is 20.2 Å². The predicted molar refractivity (Wildman–Crippen MR) is 122 cm³/mol. The van der Waals surface area contributed by atoms with Gasteiger partial charge in [0.05, 0.1) is 30.5 Å². The van der Waals surface area contributed by atoms with Crippen molar-refractivity contribution >= 4 is 39.8 Å². The van der Waals surface area contributed by atoms with Crippen molar-refractivity contribution in [3.63, 3.8) is 0 Å². The zero-order valence-electron chi connectivity index (χ0n) is 18.1. The molecule has 32 heavy (non-hydrogen) atoms. The van der Waals surface area contributed by atoms with Crippen molar-refractivity contribution in [2.45, 2.75) is 38.0 Å². The highest BCUT2D eigenvalue weighted by molar-refractivity contribution is 6.00. The predicted octanol–water partition coefficient (Wildman–Crippen LogP) is 3.19. The summed E-state index contributed by atoms with van der Waals surface area (Å²) in [5, 5.41) is 15.3. The van der Waals surface area contributed by atoms with Crippen LogP contribution in [0.4, 0.5) is 17.3 Å². The number of nitrogens with zero attached hydrogens (tertiary/aromatic N) is 4. The molecule has 3 N–H and O–H groups in total. The average molecular weight is 432 g/mol. The molecule has 9 heteroatoms. The third-order valence-corrected chi connectivity index (χ3v) is 6.53. The number of carbonyl (C=O) groups is 1. The van der Waals surface area contributed by atoms with Crippen LogP contribution in [0.25, 0.3) is 16.6 Å². The van der Waals surface area contributed by atoms with Crippen LogP contribution in [0, 0.1) is 0 Å². The summed E-state index contributed by atoms with van der Waals surface area (Å²) >= 11 is 0. The monoisotopic (exact) mass is 431 g/mol. The highest BCUT2D eigenvalue weighted by atomic mass is 16.5. The molecule has 2 aliphatic rings. The SMILES string of the molecule is CNc1cc2nc3c(cnn13)C(=O)N[C@@H]1CCC[C@H]1OCc1cc(c3ccn(C)c3c1)N2. The maximum absolute atomic E-state index is 13.1. The van der Waals surface area contributed by atoms with Gasteiger partial charge >= 0.3 is 0 Å². The standard InChI is InChI=1S/C23H25N7O2/c1-24-21-10-20-26-17-8-13(9-18-14(17)6-7-29(18)2)12-32-19-5-3-4-16(19)27-23(31)15-11-25-30(21)22(15)28-20/h6-11,16,19,24H,3-5,12H2,1-2H3,(H,26,28)(H,27,31)/t16-,19-/m1/s1. The minimum Gasteiger partial charge on any atom is -0.373 e. The van der Waals surface area contributed by atoms with Crippen molar-refractivity contribution in [3.8, 4) is 0 Å². The topological polar surface area (TPSA) is 97.5 Å². The Kier molecular flexibility index (Phi) is 4.32. The Labute approximate surface area is 184 Å². The van der Waals surface area contributed by atoms with Crippen LogP contribution in [-0.2, 0) is 18.4 Å². The summed E-state index contributed by atoms with van der Waals surface area (Å²) < 4.78 is 10.1. The Morgan fingerprint density at radius 3 is 3.03 bits per heavy atom. The van der Waals surface area contributed by atoms with Gasteiger partial charge in [0.1, 0.15) is 17.2 Å². The van der Waals surface area contributed by atoms with Crippen LogP contribution in [0.2, 0.25) is 0 Å². The number of hydrogen-bond acceptors (Lipinski definition) is 6. The van der Waals surface area contributed by atoms with Crippen molar-refractivity contribution in [1.29, 1.82) is 0 Å². The molecule has 4 heterocycles. The number of fused-ring (bicyclic) bond motifs is 6. The number of ether oxygens (including phenoxy) is 1. The summed E-state index contributed by atoms with van der Waals surface area (Å²) in [6.45, 7) is 0.486. The van der Waals surface area contributed by atoms with E-state index in [9.17, 15) is 4.79 Å². The van der Waals surface area contributed by atoms with Gasteiger partial charge in [0.15, 0.2) is 5.65 Å². The first kappa shape index (κ1) is 19.1. The molecule has 164 valence electrons. The van der Waals surface area contributed by atoms with E-state index in [0.29, 0.717) is 23.6 Å². The van der Waals surface area contributed by atoms with Crippen LogP contribution in [0.1, 0.15) is 35.2 Å². The summed E-state index contributed by atoms with van der Waals surface area (Å²) in [5.74, 6) is 1.20. The zero-order valence-corrected chi connectivity index (χ0v) is 18.1. The fourth-order valence-corrected chi connectivity index (χ4v) is 4.86. The number of rotatable bonds is 1. The molecule has 6 rings (SSSR count). The lowest BCUT2D eigenvalue weighted by molar-refractivity contribution is 0.0273. The van der Waals surface area contributed by atoms with E-state index < -0.39 is 0 Å². The van der Waals surface area contributed by atoms with Gasteiger partial charge in [0.2, 0.25) is 0 Å². The molecular formula is C23H25N7O2. The molecule has 2 atom stereocenters. The third-order valence-electron chi connectivity index (χ3n) is 6.53. The lowest BCUT2D eigenvalue weighted by atomic mass is 10.1. The van der Waals surface area contributed by atoms with Gasteiger partial charge in [-0.25, -0.2) is 4.98 Å². The van der Waals surface area contributed by atoms with E-state index in [4.69, 9.17) is 9.72 Å². The van der Waals surface area contributed by atoms with Gasteiger partial charge in [0, 0.05) is 37.4 Å². The molecule has 1 saturated carbocycles. The third kappa shape index (κ3) is 3.00.